The van der Waals surface area contributed by atoms with E-state index in [2.05, 4.69) is 17.2 Å². The molecule has 0 aromatic heterocycles. The van der Waals surface area contributed by atoms with Gasteiger partial charge in [-0.2, -0.15) is 0 Å². The van der Waals surface area contributed by atoms with Gasteiger partial charge in [0.25, 0.3) is 5.91 Å². The second-order valence-corrected chi connectivity index (χ2v) is 3.16. The van der Waals surface area contributed by atoms with Crippen molar-refractivity contribution in [2.24, 2.45) is 0 Å². The standard InChI is InChI=1S/C12H11NO3/c1-3-4-11(14)13-10-7-9(12(15)16)6-5-8(10)2/h5-7H,1-2H3,(H,13,14)(H,15,16). The van der Waals surface area contributed by atoms with Crippen LogP contribution in [-0.4, -0.2) is 17.0 Å². The zero-order valence-electron chi connectivity index (χ0n) is 9.00. The van der Waals surface area contributed by atoms with Gasteiger partial charge in [-0.1, -0.05) is 12.0 Å². The highest BCUT2D eigenvalue weighted by atomic mass is 16.4. The molecule has 0 saturated heterocycles. The summed E-state index contributed by atoms with van der Waals surface area (Å²) in [6.45, 7) is 3.33. The summed E-state index contributed by atoms with van der Waals surface area (Å²) >= 11 is 0. The monoisotopic (exact) mass is 217 g/mol. The third-order valence-electron chi connectivity index (χ3n) is 1.97. The van der Waals surface area contributed by atoms with Crippen molar-refractivity contribution in [3.05, 3.63) is 29.3 Å². The van der Waals surface area contributed by atoms with Gasteiger partial charge in [0.1, 0.15) is 0 Å². The zero-order chi connectivity index (χ0) is 12.1. The van der Waals surface area contributed by atoms with E-state index in [0.29, 0.717) is 5.69 Å². The summed E-state index contributed by atoms with van der Waals surface area (Å²) in [5.74, 6) is 3.31. The third kappa shape index (κ3) is 2.85. The van der Waals surface area contributed by atoms with E-state index in [0.717, 1.165) is 5.56 Å². The number of aryl methyl sites for hydroxylation is 1. The van der Waals surface area contributed by atoms with Crippen molar-refractivity contribution in [3.63, 3.8) is 0 Å². The Balaban J connectivity index is 3.01. The van der Waals surface area contributed by atoms with Crippen molar-refractivity contribution in [1.29, 1.82) is 0 Å². The minimum atomic E-state index is -1.03. The Labute approximate surface area is 93.3 Å². The molecule has 16 heavy (non-hydrogen) atoms. The van der Waals surface area contributed by atoms with Gasteiger partial charge in [0.2, 0.25) is 0 Å². The average molecular weight is 217 g/mol. The molecule has 0 saturated carbocycles. The van der Waals surface area contributed by atoms with E-state index in [4.69, 9.17) is 5.11 Å². The van der Waals surface area contributed by atoms with Crippen LogP contribution in [0.4, 0.5) is 5.69 Å². The van der Waals surface area contributed by atoms with E-state index in [1.807, 2.05) is 0 Å². The SMILES string of the molecule is CC#CC(=O)Nc1cc(C(=O)O)ccc1C. The molecule has 0 radical (unpaired) electrons. The molecule has 0 aliphatic heterocycles. The summed E-state index contributed by atoms with van der Waals surface area (Å²) in [6, 6.07) is 4.53. The quantitative estimate of drug-likeness (QED) is 0.740. The lowest BCUT2D eigenvalue weighted by Crippen LogP contribution is -2.10. The number of carbonyl (C=O) groups excluding carboxylic acids is 1. The minimum absolute atomic E-state index is 0.130. The molecule has 1 amide bonds. The van der Waals surface area contributed by atoms with E-state index in [9.17, 15) is 9.59 Å². The Morgan fingerprint density at radius 1 is 1.38 bits per heavy atom. The van der Waals surface area contributed by atoms with Crippen LogP contribution < -0.4 is 5.32 Å². The maximum Gasteiger partial charge on any atom is 0.335 e. The van der Waals surface area contributed by atoms with Crippen LogP contribution in [0.15, 0.2) is 18.2 Å². The van der Waals surface area contributed by atoms with Gasteiger partial charge in [0.05, 0.1) is 5.56 Å². The van der Waals surface area contributed by atoms with Gasteiger partial charge in [-0.25, -0.2) is 4.79 Å². The highest BCUT2D eigenvalue weighted by molar-refractivity contribution is 6.04. The van der Waals surface area contributed by atoms with Gasteiger partial charge in [0, 0.05) is 5.69 Å². The number of anilines is 1. The normalized spacial score (nSPS) is 8.88. The first-order valence-electron chi connectivity index (χ1n) is 4.62. The maximum atomic E-state index is 11.2. The lowest BCUT2D eigenvalue weighted by Gasteiger charge is -2.06. The first kappa shape index (κ1) is 11.8. The number of carboxylic acid groups (broad SMARTS) is 1. The van der Waals surface area contributed by atoms with Crippen molar-refractivity contribution in [3.8, 4) is 11.8 Å². The fourth-order valence-corrected chi connectivity index (χ4v) is 1.16. The Kier molecular flexibility index (Phi) is 3.67. The molecule has 1 aromatic carbocycles. The molecule has 0 aliphatic rings. The number of hydrogen-bond donors (Lipinski definition) is 2. The van der Waals surface area contributed by atoms with Gasteiger partial charge >= 0.3 is 5.97 Å². The molecule has 1 rings (SSSR count). The van der Waals surface area contributed by atoms with Crippen LogP contribution in [0.25, 0.3) is 0 Å². The third-order valence-corrected chi connectivity index (χ3v) is 1.97. The molecule has 4 nitrogen and oxygen atoms in total. The van der Waals surface area contributed by atoms with Crippen LogP contribution in [-0.2, 0) is 4.79 Å². The van der Waals surface area contributed by atoms with Crippen LogP contribution in [0, 0.1) is 18.8 Å². The molecular weight excluding hydrogens is 206 g/mol. The Morgan fingerprint density at radius 3 is 2.62 bits per heavy atom. The van der Waals surface area contributed by atoms with Gasteiger partial charge < -0.3 is 10.4 Å². The molecule has 0 heterocycles. The molecule has 4 heteroatoms. The van der Waals surface area contributed by atoms with E-state index in [1.54, 1.807) is 19.9 Å². The van der Waals surface area contributed by atoms with Crippen molar-refractivity contribution in [2.45, 2.75) is 13.8 Å². The number of carboxylic acids is 1. The fourth-order valence-electron chi connectivity index (χ4n) is 1.16. The number of carbonyl (C=O) groups is 2. The number of aromatic carboxylic acids is 1. The summed E-state index contributed by atoms with van der Waals surface area (Å²) in [4.78, 5) is 21.9. The van der Waals surface area contributed by atoms with E-state index >= 15 is 0 Å². The number of amides is 1. The summed E-state index contributed by atoms with van der Waals surface area (Å²) in [5.41, 5.74) is 1.38. The second kappa shape index (κ2) is 4.99. The average Bonchev–Trinajstić information content (AvgIpc) is 2.21. The van der Waals surface area contributed by atoms with E-state index < -0.39 is 11.9 Å². The van der Waals surface area contributed by atoms with E-state index in [-0.39, 0.29) is 5.56 Å². The maximum absolute atomic E-state index is 11.2. The van der Waals surface area contributed by atoms with Gasteiger partial charge in [0.15, 0.2) is 0 Å². The van der Waals surface area contributed by atoms with E-state index in [1.165, 1.54) is 12.1 Å². The topological polar surface area (TPSA) is 66.4 Å². The number of nitrogens with one attached hydrogen (secondary N) is 1. The van der Waals surface area contributed by atoms with Gasteiger partial charge in [-0.05, 0) is 37.5 Å². The molecule has 0 bridgehead atoms. The summed E-state index contributed by atoms with van der Waals surface area (Å²) in [5, 5.41) is 11.3. The Bertz CT molecular complexity index is 495. The van der Waals surface area contributed by atoms with Crippen LogP contribution in [0.5, 0.6) is 0 Å². The molecule has 0 aliphatic carbocycles. The smallest absolute Gasteiger partial charge is 0.335 e. The molecule has 0 unspecified atom stereocenters. The van der Waals surface area contributed by atoms with Crippen molar-refractivity contribution in [1.82, 2.24) is 0 Å². The molecule has 0 atom stereocenters. The van der Waals surface area contributed by atoms with Crippen LogP contribution in [0.1, 0.15) is 22.8 Å². The molecule has 82 valence electrons. The van der Waals surface area contributed by atoms with Crippen LogP contribution >= 0.6 is 0 Å². The first-order chi connectivity index (χ1) is 7.54. The molecule has 2 N–H and O–H groups in total. The second-order valence-electron chi connectivity index (χ2n) is 3.16. The number of hydrogen-bond acceptors (Lipinski definition) is 2. The fraction of sp³-hybridized carbons (Fsp3) is 0.167. The van der Waals surface area contributed by atoms with Crippen molar-refractivity contribution < 1.29 is 14.7 Å². The largest absolute Gasteiger partial charge is 0.478 e. The molecule has 0 fully saturated rings. The van der Waals surface area contributed by atoms with Gasteiger partial charge in [-0.15, -0.1) is 0 Å². The van der Waals surface area contributed by atoms with Crippen LogP contribution in [0.2, 0.25) is 0 Å². The Hall–Kier alpha value is -2.28. The predicted molar refractivity (Wildman–Crippen MR) is 60.2 cm³/mol. The number of rotatable bonds is 2. The lowest BCUT2D eigenvalue weighted by molar-refractivity contribution is -0.111. The summed E-state index contributed by atoms with van der Waals surface area (Å²) in [7, 11) is 0. The van der Waals surface area contributed by atoms with Crippen molar-refractivity contribution in [2.75, 3.05) is 5.32 Å². The molecule has 0 spiro atoms. The highest BCUT2D eigenvalue weighted by Crippen LogP contribution is 2.16. The number of benzene rings is 1. The van der Waals surface area contributed by atoms with Gasteiger partial charge in [-0.3, -0.25) is 4.79 Å². The summed E-state index contributed by atoms with van der Waals surface area (Å²) < 4.78 is 0. The van der Waals surface area contributed by atoms with Crippen LogP contribution in [0.3, 0.4) is 0 Å². The Morgan fingerprint density at radius 2 is 2.06 bits per heavy atom. The minimum Gasteiger partial charge on any atom is -0.478 e. The molecule has 1 aromatic rings. The molecular formula is C12H11NO3. The predicted octanol–water partition coefficient (Wildman–Crippen LogP) is 1.66. The summed E-state index contributed by atoms with van der Waals surface area (Å²) in [6.07, 6.45) is 0. The first-order valence-corrected chi connectivity index (χ1v) is 4.62. The highest BCUT2D eigenvalue weighted by Gasteiger charge is 2.07. The lowest BCUT2D eigenvalue weighted by atomic mass is 10.1. The van der Waals surface area contributed by atoms with Crippen molar-refractivity contribution >= 4 is 17.6 Å². The zero-order valence-corrected chi connectivity index (χ0v) is 9.00.